The highest BCUT2D eigenvalue weighted by molar-refractivity contribution is 9.10. The summed E-state index contributed by atoms with van der Waals surface area (Å²) >= 11 is 3.54. The predicted octanol–water partition coefficient (Wildman–Crippen LogP) is 5.07. The zero-order valence-corrected chi connectivity index (χ0v) is 14.0. The number of carbonyl (C=O) groups excluding carboxylic acids is 1. The van der Waals surface area contributed by atoms with Gasteiger partial charge >= 0.3 is 6.09 Å². The van der Waals surface area contributed by atoms with Gasteiger partial charge in [-0.15, -0.1) is 0 Å². The summed E-state index contributed by atoms with van der Waals surface area (Å²) in [5.74, 6) is 0. The Morgan fingerprint density at radius 3 is 2.60 bits per heavy atom. The molecule has 110 valence electrons. The van der Waals surface area contributed by atoms with Crippen molar-refractivity contribution < 1.29 is 9.53 Å². The molecule has 0 spiro atoms. The van der Waals surface area contributed by atoms with E-state index < -0.39 is 11.7 Å². The number of aryl methyl sites for hydroxylation is 1. The number of benzene rings is 1. The fourth-order valence-electron chi connectivity index (χ4n) is 2.52. The molecule has 0 fully saturated rings. The number of hydrogen-bond acceptors (Lipinski definition) is 2. The summed E-state index contributed by atoms with van der Waals surface area (Å²) < 4.78 is 6.27. The van der Waals surface area contributed by atoms with Crippen LogP contribution >= 0.6 is 15.9 Å². The van der Waals surface area contributed by atoms with Crippen molar-refractivity contribution in [3.63, 3.8) is 0 Å². The second-order valence-electron chi connectivity index (χ2n) is 6.25. The molecule has 0 saturated carbocycles. The van der Waals surface area contributed by atoms with Crippen LogP contribution in [0.1, 0.15) is 51.2 Å². The van der Waals surface area contributed by atoms with Crippen LogP contribution in [0.5, 0.6) is 0 Å². The third kappa shape index (κ3) is 3.98. The Morgan fingerprint density at radius 2 is 1.90 bits per heavy atom. The van der Waals surface area contributed by atoms with Gasteiger partial charge in [-0.2, -0.15) is 0 Å². The first-order valence-corrected chi connectivity index (χ1v) is 7.96. The fraction of sp³-hybridized carbons (Fsp3) is 0.562. The minimum absolute atomic E-state index is 0.393. The second kappa shape index (κ2) is 6.17. The lowest BCUT2D eigenvalue weighted by molar-refractivity contribution is 0.0635. The van der Waals surface area contributed by atoms with E-state index in [1.165, 1.54) is 30.4 Å². The van der Waals surface area contributed by atoms with Crippen LogP contribution in [0.2, 0.25) is 0 Å². The van der Waals surface area contributed by atoms with E-state index in [0.717, 1.165) is 23.0 Å². The number of nitrogens with one attached hydrogen (secondary N) is 1. The summed E-state index contributed by atoms with van der Waals surface area (Å²) in [5, 5.41) is 2.91. The maximum atomic E-state index is 12.0. The summed E-state index contributed by atoms with van der Waals surface area (Å²) in [4.78, 5) is 12.0. The molecule has 0 atom stereocenters. The summed E-state index contributed by atoms with van der Waals surface area (Å²) in [6.07, 6.45) is 5.35. The smallest absolute Gasteiger partial charge is 0.412 e. The Hall–Kier alpha value is -1.03. The predicted molar refractivity (Wildman–Crippen MR) is 85.3 cm³/mol. The number of amides is 1. The molecule has 1 aliphatic rings. The van der Waals surface area contributed by atoms with Crippen LogP contribution in [0.3, 0.4) is 0 Å². The molecule has 2 rings (SSSR count). The van der Waals surface area contributed by atoms with E-state index in [-0.39, 0.29) is 0 Å². The van der Waals surface area contributed by atoms with Gasteiger partial charge in [0.25, 0.3) is 0 Å². The van der Waals surface area contributed by atoms with Gasteiger partial charge in [-0.3, -0.25) is 5.32 Å². The van der Waals surface area contributed by atoms with Gasteiger partial charge in [0.15, 0.2) is 0 Å². The van der Waals surface area contributed by atoms with Crippen molar-refractivity contribution in [2.45, 2.75) is 58.5 Å². The van der Waals surface area contributed by atoms with Crippen molar-refractivity contribution in [3.8, 4) is 0 Å². The van der Waals surface area contributed by atoms with Gasteiger partial charge in [-0.25, -0.2) is 4.79 Å². The number of halogens is 1. The first-order valence-electron chi connectivity index (χ1n) is 7.17. The molecule has 1 aliphatic carbocycles. The van der Waals surface area contributed by atoms with Gasteiger partial charge in [-0.05, 0) is 79.6 Å². The number of ether oxygens (including phenoxy) is 1. The fourth-order valence-corrected chi connectivity index (χ4v) is 2.99. The summed E-state index contributed by atoms with van der Waals surface area (Å²) in [7, 11) is 0. The number of fused-ring (bicyclic) bond motifs is 1. The molecule has 1 aromatic rings. The summed E-state index contributed by atoms with van der Waals surface area (Å²) in [6, 6.07) is 4.17. The zero-order valence-electron chi connectivity index (χ0n) is 12.4. The Labute approximate surface area is 129 Å². The highest BCUT2D eigenvalue weighted by atomic mass is 79.9. The molecule has 0 heterocycles. The van der Waals surface area contributed by atoms with Gasteiger partial charge in [0.05, 0.1) is 5.69 Å². The SMILES string of the molecule is CC(C)(C)OC(=O)Nc1c(Br)ccc2c1CCCCC2. The highest BCUT2D eigenvalue weighted by Crippen LogP contribution is 2.33. The van der Waals surface area contributed by atoms with Crippen molar-refractivity contribution in [1.29, 1.82) is 0 Å². The number of carbonyl (C=O) groups is 1. The van der Waals surface area contributed by atoms with Crippen LogP contribution in [0.15, 0.2) is 16.6 Å². The lowest BCUT2D eigenvalue weighted by Crippen LogP contribution is -2.27. The standard InChI is InChI=1S/C16H22BrNO2/c1-16(2,3)20-15(19)18-14-12-8-6-4-5-7-11(12)9-10-13(14)17/h9-10H,4-8H2,1-3H3,(H,18,19). The summed E-state index contributed by atoms with van der Waals surface area (Å²) in [6.45, 7) is 5.60. The second-order valence-corrected chi connectivity index (χ2v) is 7.10. The Bertz CT molecular complexity index is 506. The van der Waals surface area contributed by atoms with E-state index in [0.29, 0.717) is 0 Å². The molecule has 1 amide bonds. The van der Waals surface area contributed by atoms with Crippen LogP contribution < -0.4 is 5.32 Å². The van der Waals surface area contributed by atoms with Crippen LogP contribution in [0.25, 0.3) is 0 Å². The van der Waals surface area contributed by atoms with Gasteiger partial charge in [0.1, 0.15) is 5.60 Å². The van der Waals surface area contributed by atoms with Crippen LogP contribution in [-0.2, 0) is 17.6 Å². The average molecular weight is 340 g/mol. The van der Waals surface area contributed by atoms with Crippen molar-refractivity contribution in [1.82, 2.24) is 0 Å². The topological polar surface area (TPSA) is 38.3 Å². The molecule has 0 radical (unpaired) electrons. The zero-order chi connectivity index (χ0) is 14.8. The molecule has 0 unspecified atom stereocenters. The number of hydrogen-bond donors (Lipinski definition) is 1. The Kier molecular flexibility index (Phi) is 4.74. The summed E-state index contributed by atoms with van der Waals surface area (Å²) in [5.41, 5.74) is 2.99. The van der Waals surface area contributed by atoms with Crippen molar-refractivity contribution in [2.75, 3.05) is 5.32 Å². The van der Waals surface area contributed by atoms with Crippen molar-refractivity contribution in [3.05, 3.63) is 27.7 Å². The van der Waals surface area contributed by atoms with E-state index >= 15 is 0 Å². The molecule has 0 aromatic heterocycles. The van der Waals surface area contributed by atoms with Gasteiger partial charge in [-0.1, -0.05) is 12.5 Å². The first-order chi connectivity index (χ1) is 9.37. The average Bonchev–Trinajstić information content (AvgIpc) is 2.55. The number of anilines is 1. The molecular weight excluding hydrogens is 318 g/mol. The Morgan fingerprint density at radius 1 is 1.20 bits per heavy atom. The van der Waals surface area contributed by atoms with E-state index in [1.807, 2.05) is 26.8 Å². The van der Waals surface area contributed by atoms with Crippen LogP contribution in [0.4, 0.5) is 10.5 Å². The van der Waals surface area contributed by atoms with E-state index in [1.54, 1.807) is 0 Å². The van der Waals surface area contributed by atoms with Crippen LogP contribution in [0, 0.1) is 0 Å². The van der Waals surface area contributed by atoms with E-state index in [9.17, 15) is 4.79 Å². The lowest BCUT2D eigenvalue weighted by atomic mass is 10.0. The molecule has 0 saturated heterocycles. The van der Waals surface area contributed by atoms with Gasteiger partial charge in [0, 0.05) is 4.47 Å². The maximum absolute atomic E-state index is 12.0. The van der Waals surface area contributed by atoms with Crippen molar-refractivity contribution in [2.24, 2.45) is 0 Å². The first kappa shape index (κ1) is 15.4. The third-order valence-corrected chi connectivity index (χ3v) is 4.02. The molecule has 3 nitrogen and oxygen atoms in total. The lowest BCUT2D eigenvalue weighted by Gasteiger charge is -2.21. The normalized spacial score (nSPS) is 15.2. The minimum atomic E-state index is -0.484. The van der Waals surface area contributed by atoms with Gasteiger partial charge in [0.2, 0.25) is 0 Å². The minimum Gasteiger partial charge on any atom is -0.444 e. The maximum Gasteiger partial charge on any atom is 0.412 e. The van der Waals surface area contributed by atoms with Crippen molar-refractivity contribution >= 4 is 27.7 Å². The van der Waals surface area contributed by atoms with E-state index in [2.05, 4.69) is 27.3 Å². The molecule has 4 heteroatoms. The van der Waals surface area contributed by atoms with Gasteiger partial charge < -0.3 is 4.74 Å². The molecule has 1 N–H and O–H groups in total. The molecule has 1 aromatic carbocycles. The monoisotopic (exact) mass is 339 g/mol. The Balaban J connectivity index is 2.25. The molecule has 0 aliphatic heterocycles. The molecule has 0 bridgehead atoms. The van der Waals surface area contributed by atoms with Crippen LogP contribution in [-0.4, -0.2) is 11.7 Å². The quantitative estimate of drug-likeness (QED) is 0.725. The largest absolute Gasteiger partial charge is 0.444 e. The third-order valence-electron chi connectivity index (χ3n) is 3.36. The van der Waals surface area contributed by atoms with E-state index in [4.69, 9.17) is 4.74 Å². The molecule has 20 heavy (non-hydrogen) atoms. The number of rotatable bonds is 1. The molecular formula is C16H22BrNO2. The highest BCUT2D eigenvalue weighted by Gasteiger charge is 2.20.